The lowest BCUT2D eigenvalue weighted by Crippen LogP contribution is -2.71. The van der Waals surface area contributed by atoms with Crippen LogP contribution >= 0.6 is 34.7 Å². The number of carboxylic acids is 1. The fourth-order valence-electron chi connectivity index (χ4n) is 3.10. The van der Waals surface area contributed by atoms with Gasteiger partial charge in [0.1, 0.15) is 29.4 Å². The number of hydrogen-bond acceptors (Lipinski definition) is 9. The summed E-state index contributed by atoms with van der Waals surface area (Å²) in [7, 11) is 0. The van der Waals surface area contributed by atoms with Crippen LogP contribution in [0.5, 0.6) is 0 Å². The molecule has 1 saturated heterocycles. The number of nitrogen functional groups attached to an aromatic ring is 1. The molecule has 13 heteroatoms. The number of nitrogens with one attached hydrogen (secondary N) is 1. The van der Waals surface area contributed by atoms with E-state index in [-0.39, 0.29) is 33.0 Å². The summed E-state index contributed by atoms with van der Waals surface area (Å²) in [4.78, 5) is 47.4. The number of carboxylic acid groups (broad SMARTS) is 1. The van der Waals surface area contributed by atoms with Crippen LogP contribution in [0.1, 0.15) is 38.3 Å². The second kappa shape index (κ2) is 10.3. The van der Waals surface area contributed by atoms with Crippen LogP contribution in [0, 0.1) is 0 Å². The molecular formula is C18H22ClN5O5S2. The van der Waals surface area contributed by atoms with E-state index in [1.807, 2.05) is 0 Å². The predicted octanol–water partition coefficient (Wildman–Crippen LogP) is 1.96. The molecule has 0 aromatic carbocycles. The second-order valence-electron chi connectivity index (χ2n) is 6.82. The summed E-state index contributed by atoms with van der Waals surface area (Å²) in [6, 6.07) is -0.914. The van der Waals surface area contributed by atoms with Gasteiger partial charge in [-0.3, -0.25) is 14.5 Å². The van der Waals surface area contributed by atoms with Crippen molar-refractivity contribution in [3.8, 4) is 0 Å². The van der Waals surface area contributed by atoms with E-state index in [1.54, 1.807) is 5.38 Å². The largest absolute Gasteiger partial charge is 0.477 e. The third kappa shape index (κ3) is 5.13. The van der Waals surface area contributed by atoms with Crippen LogP contribution in [0.3, 0.4) is 0 Å². The van der Waals surface area contributed by atoms with E-state index in [0.29, 0.717) is 6.61 Å². The molecule has 1 aromatic heterocycles. The monoisotopic (exact) mass is 487 g/mol. The molecule has 31 heavy (non-hydrogen) atoms. The highest BCUT2D eigenvalue weighted by Gasteiger charge is 2.54. The Bertz CT molecular complexity index is 934. The van der Waals surface area contributed by atoms with Crippen molar-refractivity contribution in [1.29, 1.82) is 0 Å². The number of hydrogen-bond donors (Lipinski definition) is 3. The Balaban J connectivity index is 1.70. The lowest BCUT2D eigenvalue weighted by Gasteiger charge is -2.48. The fourth-order valence-corrected chi connectivity index (χ4v) is 5.19. The number of halogens is 1. The Morgan fingerprint density at radius 2 is 2.23 bits per heavy atom. The molecule has 10 nitrogen and oxygen atoms in total. The minimum absolute atomic E-state index is 0.0866. The molecule has 1 aromatic rings. The SMILES string of the molecule is CCCCCCON=C(C(=O)NC1C(=O)N2C(C(=O)O)=C(Cl)CS[C@H]12)c1csc(N)n1. The van der Waals surface area contributed by atoms with Gasteiger partial charge in [-0.2, -0.15) is 0 Å². The number of thioether (sulfide) groups is 1. The summed E-state index contributed by atoms with van der Waals surface area (Å²) in [6.07, 6.45) is 3.96. The number of nitrogens with two attached hydrogens (primary N) is 1. The topological polar surface area (TPSA) is 147 Å². The third-order valence-corrected chi connectivity index (χ3v) is 7.06. The van der Waals surface area contributed by atoms with Gasteiger partial charge in [0, 0.05) is 11.1 Å². The Labute approximate surface area is 191 Å². The first-order chi connectivity index (χ1) is 14.8. The number of oxime groups is 1. The molecule has 1 unspecified atom stereocenters. The summed E-state index contributed by atoms with van der Waals surface area (Å²) in [5, 5.41) is 17.2. The minimum atomic E-state index is -1.29. The van der Waals surface area contributed by atoms with Gasteiger partial charge in [0.05, 0.1) is 5.03 Å². The van der Waals surface area contributed by atoms with E-state index in [9.17, 15) is 19.5 Å². The zero-order chi connectivity index (χ0) is 22.5. The molecule has 0 bridgehead atoms. The first kappa shape index (κ1) is 23.4. The van der Waals surface area contributed by atoms with Crippen molar-refractivity contribution in [3.63, 3.8) is 0 Å². The highest BCUT2D eigenvalue weighted by atomic mass is 35.5. The number of amides is 2. The summed E-state index contributed by atoms with van der Waals surface area (Å²) in [5.74, 6) is -2.27. The van der Waals surface area contributed by atoms with Gasteiger partial charge in [0.2, 0.25) is 0 Å². The van der Waals surface area contributed by atoms with E-state index in [2.05, 4.69) is 22.4 Å². The molecule has 2 atom stereocenters. The first-order valence-corrected chi connectivity index (χ1v) is 11.9. The van der Waals surface area contributed by atoms with Crippen molar-refractivity contribution in [2.24, 2.45) is 5.16 Å². The number of thiazole rings is 1. The average molecular weight is 488 g/mol. The minimum Gasteiger partial charge on any atom is -0.477 e. The average Bonchev–Trinajstić information content (AvgIpc) is 3.16. The third-order valence-electron chi connectivity index (χ3n) is 4.64. The number of aromatic nitrogens is 1. The van der Waals surface area contributed by atoms with Gasteiger partial charge < -0.3 is 21.0 Å². The molecule has 0 saturated carbocycles. The number of unbranched alkanes of at least 4 members (excludes halogenated alkanes) is 3. The van der Waals surface area contributed by atoms with Gasteiger partial charge in [0.15, 0.2) is 10.8 Å². The van der Waals surface area contributed by atoms with Gasteiger partial charge in [-0.25, -0.2) is 9.78 Å². The number of aliphatic carboxylic acids is 1. The van der Waals surface area contributed by atoms with Crippen LogP contribution in [-0.4, -0.2) is 62.3 Å². The smallest absolute Gasteiger partial charge is 0.353 e. The molecule has 2 aliphatic rings. The Hall–Kier alpha value is -2.31. The predicted molar refractivity (Wildman–Crippen MR) is 119 cm³/mol. The maximum Gasteiger partial charge on any atom is 0.353 e. The van der Waals surface area contributed by atoms with E-state index in [0.717, 1.165) is 41.9 Å². The van der Waals surface area contributed by atoms with E-state index >= 15 is 0 Å². The fraction of sp³-hybridized carbons (Fsp3) is 0.500. The molecule has 168 valence electrons. The van der Waals surface area contributed by atoms with Crippen LogP contribution < -0.4 is 11.1 Å². The zero-order valence-corrected chi connectivity index (χ0v) is 19.1. The summed E-state index contributed by atoms with van der Waals surface area (Å²) >= 11 is 8.38. The number of carbonyl (C=O) groups is 3. The van der Waals surface area contributed by atoms with Crippen molar-refractivity contribution in [3.05, 3.63) is 21.8 Å². The van der Waals surface area contributed by atoms with E-state index in [4.69, 9.17) is 22.2 Å². The van der Waals surface area contributed by atoms with Crippen molar-refractivity contribution >= 4 is 63.3 Å². The van der Waals surface area contributed by atoms with Crippen LogP contribution in [0.2, 0.25) is 0 Å². The van der Waals surface area contributed by atoms with E-state index in [1.165, 1.54) is 11.8 Å². The Kier molecular flexibility index (Phi) is 7.79. The number of carbonyl (C=O) groups excluding carboxylic acids is 2. The first-order valence-electron chi connectivity index (χ1n) is 9.64. The molecule has 1 fully saturated rings. The lowest BCUT2D eigenvalue weighted by atomic mass is 10.0. The number of nitrogens with zero attached hydrogens (tertiary/aromatic N) is 3. The Morgan fingerprint density at radius 3 is 2.87 bits per heavy atom. The van der Waals surface area contributed by atoms with Crippen molar-refractivity contribution < 1.29 is 24.3 Å². The van der Waals surface area contributed by atoms with Crippen molar-refractivity contribution in [2.75, 3.05) is 18.1 Å². The maximum atomic E-state index is 12.9. The highest BCUT2D eigenvalue weighted by Crippen LogP contribution is 2.41. The maximum absolute atomic E-state index is 12.9. The van der Waals surface area contributed by atoms with Crippen LogP contribution in [0.15, 0.2) is 21.3 Å². The molecule has 2 aliphatic heterocycles. The van der Waals surface area contributed by atoms with Gasteiger partial charge >= 0.3 is 5.97 Å². The van der Waals surface area contributed by atoms with Crippen LogP contribution in [0.25, 0.3) is 0 Å². The number of fused-ring (bicyclic) bond motifs is 1. The van der Waals surface area contributed by atoms with Crippen molar-refractivity contribution in [2.45, 2.75) is 44.0 Å². The normalized spacial score (nSPS) is 20.9. The lowest BCUT2D eigenvalue weighted by molar-refractivity contribution is -0.150. The number of β-lactam (4-membered cyclic amide) rings is 1. The van der Waals surface area contributed by atoms with Crippen LogP contribution in [0.4, 0.5) is 5.13 Å². The van der Waals surface area contributed by atoms with Crippen molar-refractivity contribution in [1.82, 2.24) is 15.2 Å². The molecule has 0 spiro atoms. The zero-order valence-electron chi connectivity index (χ0n) is 16.7. The van der Waals surface area contributed by atoms with Crippen LogP contribution in [-0.2, 0) is 19.2 Å². The summed E-state index contributed by atoms with van der Waals surface area (Å²) < 4.78 is 0. The number of rotatable bonds is 10. The van der Waals surface area contributed by atoms with E-state index < -0.39 is 29.2 Å². The molecule has 0 aliphatic carbocycles. The molecule has 0 radical (unpaired) electrons. The van der Waals surface area contributed by atoms with Gasteiger partial charge in [-0.1, -0.05) is 36.5 Å². The second-order valence-corrected chi connectivity index (χ2v) is 9.28. The standard InChI is InChI=1S/C18H22ClN5O5S2/c1-2-3-4-5-6-29-23-11(10-8-31-18(20)21-10)14(25)22-12-15(26)24-13(17(27)28)9(19)7-30-16(12)24/h8,12,16H,2-7H2,1H3,(H2,20,21)(H,22,25)(H,27,28)/t12?,16-/m1/s1. The quantitative estimate of drug-likeness (QED) is 0.196. The molecule has 2 amide bonds. The van der Waals surface area contributed by atoms with Gasteiger partial charge in [-0.05, 0) is 12.8 Å². The molecule has 4 N–H and O–H groups in total. The Morgan fingerprint density at radius 1 is 1.45 bits per heavy atom. The van der Waals surface area contributed by atoms with Gasteiger partial charge in [0.25, 0.3) is 11.8 Å². The summed E-state index contributed by atoms with van der Waals surface area (Å²) in [5.41, 5.74) is 5.56. The molecule has 3 heterocycles. The molecular weight excluding hydrogens is 466 g/mol. The highest BCUT2D eigenvalue weighted by molar-refractivity contribution is 8.00. The summed E-state index contributed by atoms with van der Waals surface area (Å²) in [6.45, 7) is 2.45. The number of anilines is 1. The molecule has 3 rings (SSSR count). The van der Waals surface area contributed by atoms with Gasteiger partial charge in [-0.15, -0.1) is 23.1 Å².